The van der Waals surface area contributed by atoms with E-state index in [1.54, 1.807) is 6.07 Å². The second-order valence-electron chi connectivity index (χ2n) is 3.06. The van der Waals surface area contributed by atoms with Gasteiger partial charge in [0.15, 0.2) is 0 Å². The van der Waals surface area contributed by atoms with Crippen LogP contribution in [0.15, 0.2) is 18.8 Å². The van der Waals surface area contributed by atoms with Crippen LogP contribution in [0.1, 0.15) is 12.0 Å². The van der Waals surface area contributed by atoms with Crippen molar-refractivity contribution in [1.82, 2.24) is 4.98 Å². The Balaban J connectivity index is 2.67. The van der Waals surface area contributed by atoms with Gasteiger partial charge in [-0.1, -0.05) is 24.3 Å². The fourth-order valence-corrected chi connectivity index (χ4v) is 1.37. The number of alkyl halides is 3. The first-order valence-corrected chi connectivity index (χ1v) is 4.89. The van der Waals surface area contributed by atoms with Crippen LogP contribution in [0.25, 0.3) is 6.08 Å². The summed E-state index contributed by atoms with van der Waals surface area (Å²) < 4.78 is 35.8. The molecule has 6 heteroatoms. The van der Waals surface area contributed by atoms with Crippen LogP contribution in [0, 0.1) is 0 Å². The highest BCUT2D eigenvalue weighted by Gasteiger charge is 2.26. The molecule has 0 radical (unpaired) electrons. The first-order valence-electron chi connectivity index (χ1n) is 4.51. The van der Waals surface area contributed by atoms with Crippen LogP contribution in [-0.2, 0) is 0 Å². The molecule has 0 aliphatic rings. The Morgan fingerprint density at radius 2 is 2.19 bits per heavy atom. The third kappa shape index (κ3) is 3.73. The molecule has 0 spiro atoms. The normalized spacial score (nSPS) is 11.2. The van der Waals surface area contributed by atoms with E-state index in [1.807, 2.05) is 0 Å². The van der Waals surface area contributed by atoms with Gasteiger partial charge in [-0.25, -0.2) is 4.98 Å². The molecule has 1 rings (SSSR count). The molecule has 88 valence electrons. The van der Waals surface area contributed by atoms with Gasteiger partial charge in [-0.05, 0) is 6.07 Å². The summed E-state index contributed by atoms with van der Waals surface area (Å²) in [6.07, 6.45) is -2.20. The summed E-state index contributed by atoms with van der Waals surface area (Å²) in [6.45, 7) is 3.32. The van der Waals surface area contributed by atoms with E-state index in [-0.39, 0.29) is 11.7 Å². The summed E-state index contributed by atoms with van der Waals surface area (Å²) in [6, 6.07) is 1.55. The van der Waals surface area contributed by atoms with E-state index in [0.29, 0.717) is 11.3 Å². The number of hydrogen-bond acceptors (Lipinski definition) is 2. The largest absolute Gasteiger partial charge is 0.390 e. The van der Waals surface area contributed by atoms with Crippen molar-refractivity contribution in [2.24, 2.45) is 0 Å². The van der Waals surface area contributed by atoms with Crippen LogP contribution in [0.2, 0.25) is 5.15 Å². The Morgan fingerprint density at radius 1 is 1.50 bits per heavy atom. The third-order valence-electron chi connectivity index (χ3n) is 1.87. The lowest BCUT2D eigenvalue weighted by atomic mass is 10.2. The summed E-state index contributed by atoms with van der Waals surface area (Å²) in [5, 5.41) is 2.86. The molecule has 0 bridgehead atoms. The maximum absolute atomic E-state index is 11.9. The van der Waals surface area contributed by atoms with E-state index in [0.717, 1.165) is 0 Å². The Kier molecular flexibility index (Phi) is 4.18. The molecule has 0 aliphatic heterocycles. The van der Waals surface area contributed by atoms with Crippen LogP contribution >= 0.6 is 11.6 Å². The second-order valence-corrected chi connectivity index (χ2v) is 3.42. The molecule has 0 aliphatic carbocycles. The van der Waals surface area contributed by atoms with E-state index >= 15 is 0 Å². The van der Waals surface area contributed by atoms with Crippen LogP contribution < -0.4 is 5.32 Å². The summed E-state index contributed by atoms with van der Waals surface area (Å²) in [5.74, 6) is 0. The molecule has 0 fully saturated rings. The van der Waals surface area contributed by atoms with Crippen molar-refractivity contribution < 1.29 is 13.2 Å². The Morgan fingerprint density at radius 3 is 2.75 bits per heavy atom. The van der Waals surface area contributed by atoms with Crippen LogP contribution in [0.5, 0.6) is 0 Å². The summed E-state index contributed by atoms with van der Waals surface area (Å²) in [4.78, 5) is 3.80. The van der Waals surface area contributed by atoms with Crippen molar-refractivity contribution in [3.8, 4) is 0 Å². The number of nitrogens with one attached hydrogen (secondary N) is 1. The van der Waals surface area contributed by atoms with E-state index < -0.39 is 12.6 Å². The molecule has 0 atom stereocenters. The van der Waals surface area contributed by atoms with Gasteiger partial charge in [-0.3, -0.25) is 0 Å². The van der Waals surface area contributed by atoms with Gasteiger partial charge in [0.2, 0.25) is 0 Å². The van der Waals surface area contributed by atoms with Gasteiger partial charge in [0.05, 0.1) is 6.42 Å². The van der Waals surface area contributed by atoms with Crippen LogP contribution in [0.3, 0.4) is 0 Å². The zero-order valence-corrected chi connectivity index (χ0v) is 9.07. The fraction of sp³-hybridized carbons (Fsp3) is 0.300. The average Bonchev–Trinajstić information content (AvgIpc) is 2.16. The van der Waals surface area contributed by atoms with Crippen molar-refractivity contribution in [2.75, 3.05) is 11.9 Å². The molecule has 0 unspecified atom stereocenters. The molecule has 1 aromatic rings. The SMILES string of the molecule is C=Cc1c(NCCC(F)(F)F)ccnc1Cl. The molecule has 0 amide bonds. The number of hydrogen-bond donors (Lipinski definition) is 1. The molecule has 0 saturated heterocycles. The third-order valence-corrected chi connectivity index (χ3v) is 2.17. The maximum atomic E-state index is 11.9. The number of rotatable bonds is 4. The summed E-state index contributed by atoms with van der Waals surface area (Å²) in [5.41, 5.74) is 1.01. The molecule has 1 N–H and O–H groups in total. The second kappa shape index (κ2) is 5.21. The predicted octanol–water partition coefficient (Wildman–Crippen LogP) is 3.74. The van der Waals surface area contributed by atoms with Crippen molar-refractivity contribution in [3.63, 3.8) is 0 Å². The fourth-order valence-electron chi connectivity index (χ4n) is 1.13. The quantitative estimate of drug-likeness (QED) is 0.824. The zero-order valence-electron chi connectivity index (χ0n) is 8.31. The molecule has 16 heavy (non-hydrogen) atoms. The zero-order chi connectivity index (χ0) is 12.2. The van der Waals surface area contributed by atoms with E-state index in [9.17, 15) is 13.2 Å². The van der Waals surface area contributed by atoms with Gasteiger partial charge >= 0.3 is 6.18 Å². The van der Waals surface area contributed by atoms with Crippen molar-refractivity contribution in [1.29, 1.82) is 0 Å². The standard InChI is InChI=1S/C10H10ClF3N2/c1-2-7-8(3-5-16-9(7)11)15-6-4-10(12,13)14/h2-3,5H,1,4,6H2,(H,15,16). The highest BCUT2D eigenvalue weighted by molar-refractivity contribution is 6.31. The Bertz CT molecular complexity index is 377. The minimum Gasteiger partial charge on any atom is -0.384 e. The average molecular weight is 251 g/mol. The highest BCUT2D eigenvalue weighted by Crippen LogP contribution is 2.24. The van der Waals surface area contributed by atoms with Gasteiger partial charge in [0.25, 0.3) is 0 Å². The monoisotopic (exact) mass is 250 g/mol. The lowest BCUT2D eigenvalue weighted by Gasteiger charge is -2.11. The number of anilines is 1. The molecule has 2 nitrogen and oxygen atoms in total. The van der Waals surface area contributed by atoms with Crippen LogP contribution in [0.4, 0.5) is 18.9 Å². The molecule has 0 saturated carbocycles. The Labute approximate surface area is 96.1 Å². The summed E-state index contributed by atoms with van der Waals surface area (Å²) >= 11 is 5.75. The van der Waals surface area contributed by atoms with Gasteiger partial charge in [-0.15, -0.1) is 0 Å². The van der Waals surface area contributed by atoms with Gasteiger partial charge in [-0.2, -0.15) is 13.2 Å². The summed E-state index contributed by atoms with van der Waals surface area (Å²) in [7, 11) is 0. The lowest BCUT2D eigenvalue weighted by Crippen LogP contribution is -2.15. The van der Waals surface area contributed by atoms with E-state index in [4.69, 9.17) is 11.6 Å². The maximum Gasteiger partial charge on any atom is 0.390 e. The first kappa shape index (κ1) is 12.8. The number of pyridine rings is 1. The minimum absolute atomic E-state index is 0.204. The molecular weight excluding hydrogens is 241 g/mol. The number of aromatic nitrogens is 1. The van der Waals surface area contributed by atoms with E-state index in [1.165, 1.54) is 12.3 Å². The first-order chi connectivity index (χ1) is 7.44. The van der Waals surface area contributed by atoms with Crippen LogP contribution in [-0.4, -0.2) is 17.7 Å². The van der Waals surface area contributed by atoms with E-state index in [2.05, 4.69) is 16.9 Å². The Hall–Kier alpha value is -1.23. The lowest BCUT2D eigenvalue weighted by molar-refractivity contribution is -0.131. The predicted molar refractivity (Wildman–Crippen MR) is 58.5 cm³/mol. The van der Waals surface area contributed by atoms with Gasteiger partial charge in [0, 0.05) is 24.0 Å². The van der Waals surface area contributed by atoms with Crippen molar-refractivity contribution in [2.45, 2.75) is 12.6 Å². The topological polar surface area (TPSA) is 24.9 Å². The highest BCUT2D eigenvalue weighted by atomic mass is 35.5. The number of halogens is 4. The molecular formula is C10H10ClF3N2. The van der Waals surface area contributed by atoms with Crippen molar-refractivity contribution in [3.05, 3.63) is 29.6 Å². The molecule has 1 heterocycles. The van der Waals surface area contributed by atoms with Gasteiger partial charge < -0.3 is 5.32 Å². The smallest absolute Gasteiger partial charge is 0.384 e. The minimum atomic E-state index is -4.17. The van der Waals surface area contributed by atoms with Gasteiger partial charge in [0.1, 0.15) is 5.15 Å². The number of nitrogens with zero attached hydrogens (tertiary/aromatic N) is 1. The van der Waals surface area contributed by atoms with Crippen molar-refractivity contribution >= 4 is 23.4 Å². The molecule has 1 aromatic heterocycles. The molecule has 0 aromatic carbocycles.